The van der Waals surface area contributed by atoms with Gasteiger partial charge in [-0.1, -0.05) is 22.6 Å². The van der Waals surface area contributed by atoms with Crippen LogP contribution < -0.4 is 11.2 Å². The molecular weight excluding hydrogens is 470 g/mol. The summed E-state index contributed by atoms with van der Waals surface area (Å²) in [6.07, 6.45) is -0.925. The summed E-state index contributed by atoms with van der Waals surface area (Å²) in [6.45, 7) is -0.327. The molecule has 0 spiro atoms. The topological polar surface area (TPSA) is 105 Å². The molecule has 1 aliphatic rings. The van der Waals surface area contributed by atoms with Crippen LogP contribution in [0.5, 0.6) is 0 Å². The zero-order valence-corrected chi connectivity index (χ0v) is 13.2. The minimum Gasteiger partial charge on any atom is -0.394 e. The molecule has 0 bridgehead atoms. The number of ether oxygens (including phenoxy) is 1. The van der Waals surface area contributed by atoms with Crippen molar-refractivity contribution in [2.24, 2.45) is 0 Å². The molecule has 4 atom stereocenters. The van der Waals surface area contributed by atoms with E-state index in [4.69, 9.17) is 9.84 Å². The van der Waals surface area contributed by atoms with E-state index in [1.165, 1.54) is 10.8 Å². The lowest BCUT2D eigenvalue weighted by molar-refractivity contribution is -0.0456. The summed E-state index contributed by atoms with van der Waals surface area (Å²) in [5, 5.41) is 18.9. The molecule has 1 aromatic rings. The van der Waals surface area contributed by atoms with Crippen molar-refractivity contribution >= 4 is 45.2 Å². The number of aliphatic hydroxyl groups excluding tert-OH is 2. The number of halogens is 2. The van der Waals surface area contributed by atoms with E-state index in [1.807, 2.05) is 22.6 Å². The van der Waals surface area contributed by atoms with E-state index in [0.29, 0.717) is 3.57 Å². The van der Waals surface area contributed by atoms with Gasteiger partial charge in [-0.3, -0.25) is 14.3 Å². The van der Waals surface area contributed by atoms with Crippen LogP contribution >= 0.6 is 45.2 Å². The third kappa shape index (κ3) is 2.50. The van der Waals surface area contributed by atoms with Crippen LogP contribution in [0.3, 0.4) is 0 Å². The van der Waals surface area contributed by atoms with E-state index in [-0.39, 0.29) is 10.5 Å². The third-order valence-electron chi connectivity index (χ3n) is 2.67. The number of hydrogen-bond acceptors (Lipinski definition) is 5. The Hall–Kier alpha value is 0.0200. The van der Waals surface area contributed by atoms with Crippen LogP contribution in [0, 0.1) is 3.57 Å². The number of rotatable bonds is 2. The Balaban J connectivity index is 2.42. The number of aromatic amines is 1. The number of nitrogens with zero attached hydrogens (tertiary/aromatic N) is 1. The zero-order valence-electron chi connectivity index (χ0n) is 8.92. The van der Waals surface area contributed by atoms with Crippen molar-refractivity contribution in [3.8, 4) is 0 Å². The largest absolute Gasteiger partial charge is 0.394 e. The van der Waals surface area contributed by atoms with Gasteiger partial charge in [0.05, 0.1) is 20.2 Å². The van der Waals surface area contributed by atoms with Crippen molar-refractivity contribution in [3.63, 3.8) is 0 Å². The Labute approximate surface area is 128 Å². The Morgan fingerprint density at radius 2 is 2.17 bits per heavy atom. The van der Waals surface area contributed by atoms with Crippen molar-refractivity contribution in [1.82, 2.24) is 9.55 Å². The highest BCUT2D eigenvalue weighted by atomic mass is 127. The van der Waals surface area contributed by atoms with Gasteiger partial charge in [-0.25, -0.2) is 4.79 Å². The summed E-state index contributed by atoms with van der Waals surface area (Å²) < 4.78 is 6.61. The van der Waals surface area contributed by atoms with E-state index in [9.17, 15) is 14.7 Å². The molecule has 1 fully saturated rings. The number of aliphatic hydroxyl groups is 2. The molecule has 100 valence electrons. The molecule has 0 aromatic carbocycles. The van der Waals surface area contributed by atoms with Crippen LogP contribution in [0.1, 0.15) is 6.23 Å². The van der Waals surface area contributed by atoms with Crippen molar-refractivity contribution in [2.75, 3.05) is 6.61 Å². The smallest absolute Gasteiger partial charge is 0.330 e. The van der Waals surface area contributed by atoms with Crippen LogP contribution in [0.25, 0.3) is 0 Å². The first kappa shape index (κ1) is 14.4. The van der Waals surface area contributed by atoms with Crippen LogP contribution in [0.2, 0.25) is 0 Å². The molecule has 18 heavy (non-hydrogen) atoms. The van der Waals surface area contributed by atoms with Crippen LogP contribution in [-0.4, -0.2) is 42.5 Å². The standard InChI is InChI=1S/C9H10I2N2O5/c10-3-1-13(9(17)12-7(3)16)8-5(11)6(15)4(2-14)18-8/h1,4-6,8,14-15H,2H2,(H,12,16,17)/t4-,5?,6?,8-/m0/s1. The van der Waals surface area contributed by atoms with Crippen molar-refractivity contribution in [3.05, 3.63) is 30.6 Å². The molecular formula is C9H10I2N2O5. The lowest BCUT2D eigenvalue weighted by Crippen LogP contribution is -2.36. The summed E-state index contributed by atoms with van der Waals surface area (Å²) in [7, 11) is 0. The van der Waals surface area contributed by atoms with Crippen molar-refractivity contribution in [1.29, 1.82) is 0 Å². The Morgan fingerprint density at radius 3 is 2.72 bits per heavy atom. The highest BCUT2D eigenvalue weighted by Gasteiger charge is 2.43. The van der Waals surface area contributed by atoms with Gasteiger partial charge in [-0.15, -0.1) is 0 Å². The SMILES string of the molecule is O=c1[nH]c(=O)n([C@H]2O[C@@H](CO)C(O)C2I)cc1I. The Morgan fingerprint density at radius 1 is 1.50 bits per heavy atom. The second-order valence-corrected chi connectivity index (χ2v) is 6.43. The molecule has 0 radical (unpaired) electrons. The van der Waals surface area contributed by atoms with Gasteiger partial charge in [0, 0.05) is 6.20 Å². The molecule has 2 unspecified atom stereocenters. The highest BCUT2D eigenvalue weighted by molar-refractivity contribution is 14.1. The first-order valence-electron chi connectivity index (χ1n) is 5.05. The fourth-order valence-corrected chi connectivity index (χ4v) is 3.14. The number of hydrogen-bond donors (Lipinski definition) is 3. The number of aromatic nitrogens is 2. The average Bonchev–Trinajstić information content (AvgIpc) is 2.61. The second-order valence-electron chi connectivity index (χ2n) is 3.83. The van der Waals surface area contributed by atoms with Gasteiger partial charge in [0.25, 0.3) is 5.56 Å². The molecule has 3 N–H and O–H groups in total. The predicted molar refractivity (Wildman–Crippen MR) is 78.9 cm³/mol. The highest BCUT2D eigenvalue weighted by Crippen LogP contribution is 2.33. The summed E-state index contributed by atoms with van der Waals surface area (Å²) in [6, 6.07) is 0. The zero-order chi connectivity index (χ0) is 13.4. The van der Waals surface area contributed by atoms with E-state index in [0.717, 1.165) is 0 Å². The fraction of sp³-hybridized carbons (Fsp3) is 0.556. The Kier molecular flexibility index (Phi) is 4.46. The minimum absolute atomic E-state index is 0.327. The molecule has 2 rings (SSSR count). The monoisotopic (exact) mass is 480 g/mol. The van der Waals surface area contributed by atoms with Gasteiger partial charge < -0.3 is 14.9 Å². The maximum atomic E-state index is 11.7. The first-order valence-corrected chi connectivity index (χ1v) is 7.37. The summed E-state index contributed by atoms with van der Waals surface area (Å²) in [4.78, 5) is 25.1. The molecule has 1 aliphatic heterocycles. The number of alkyl halides is 1. The molecule has 1 saturated heterocycles. The van der Waals surface area contributed by atoms with Gasteiger partial charge in [-0.05, 0) is 22.6 Å². The van der Waals surface area contributed by atoms with E-state index >= 15 is 0 Å². The number of nitrogens with one attached hydrogen (secondary N) is 1. The summed E-state index contributed by atoms with van der Waals surface area (Å²) in [5.74, 6) is 0. The average molecular weight is 480 g/mol. The lowest BCUT2D eigenvalue weighted by Gasteiger charge is -2.16. The van der Waals surface area contributed by atoms with Crippen LogP contribution in [0.4, 0.5) is 0 Å². The van der Waals surface area contributed by atoms with Gasteiger partial charge in [0.2, 0.25) is 0 Å². The number of H-pyrrole nitrogens is 1. The van der Waals surface area contributed by atoms with Gasteiger partial charge in [0.1, 0.15) is 6.10 Å². The summed E-state index contributed by atoms with van der Waals surface area (Å²) >= 11 is 3.77. The van der Waals surface area contributed by atoms with E-state index < -0.39 is 29.7 Å². The van der Waals surface area contributed by atoms with Gasteiger partial charge >= 0.3 is 5.69 Å². The molecule has 1 aromatic heterocycles. The maximum absolute atomic E-state index is 11.7. The normalized spacial score (nSPS) is 31.8. The van der Waals surface area contributed by atoms with Crippen molar-refractivity contribution < 1.29 is 14.9 Å². The van der Waals surface area contributed by atoms with E-state index in [1.54, 1.807) is 22.6 Å². The van der Waals surface area contributed by atoms with Crippen LogP contribution in [-0.2, 0) is 4.74 Å². The second kappa shape index (κ2) is 5.56. The molecule has 7 nitrogen and oxygen atoms in total. The summed E-state index contributed by atoms with van der Waals surface area (Å²) in [5.41, 5.74) is -1.06. The van der Waals surface area contributed by atoms with Gasteiger partial charge in [0.15, 0.2) is 6.23 Å². The molecule has 0 amide bonds. The predicted octanol–water partition coefficient (Wildman–Crippen LogP) is -0.805. The molecule has 2 heterocycles. The fourth-order valence-electron chi connectivity index (χ4n) is 1.73. The van der Waals surface area contributed by atoms with Gasteiger partial charge in [-0.2, -0.15) is 0 Å². The first-order chi connectivity index (χ1) is 8.45. The minimum atomic E-state index is -0.864. The molecule has 0 saturated carbocycles. The van der Waals surface area contributed by atoms with Crippen molar-refractivity contribution in [2.45, 2.75) is 22.4 Å². The third-order valence-corrected chi connectivity index (χ3v) is 4.79. The lowest BCUT2D eigenvalue weighted by atomic mass is 10.2. The van der Waals surface area contributed by atoms with E-state index in [2.05, 4.69) is 4.98 Å². The Bertz CT molecular complexity index is 557. The molecule has 0 aliphatic carbocycles. The maximum Gasteiger partial charge on any atom is 0.330 e. The quantitative estimate of drug-likeness (QED) is 0.380. The van der Waals surface area contributed by atoms with Crippen LogP contribution in [0.15, 0.2) is 15.8 Å². The molecule has 9 heteroatoms.